The van der Waals surface area contributed by atoms with Crippen LogP contribution in [0.1, 0.15) is 70.4 Å². The first-order chi connectivity index (χ1) is 30.0. The summed E-state index contributed by atoms with van der Waals surface area (Å²) in [5, 5.41) is 7.25. The van der Waals surface area contributed by atoms with Crippen LogP contribution in [0.15, 0.2) is 84.9 Å². The summed E-state index contributed by atoms with van der Waals surface area (Å²) in [5.74, 6) is 3.06. The van der Waals surface area contributed by atoms with E-state index in [1.807, 2.05) is 70.5 Å². The summed E-state index contributed by atoms with van der Waals surface area (Å²) >= 11 is 0. The third-order valence-corrected chi connectivity index (χ3v) is 12.9. The maximum atomic E-state index is 13.6. The number of nitrogens with zero attached hydrogens (tertiary/aromatic N) is 4. The Morgan fingerprint density at radius 1 is 0.557 bits per heavy atom. The lowest BCUT2D eigenvalue weighted by Crippen LogP contribution is -2.49. The number of ether oxygens (including phenoxy) is 5. The van der Waals surface area contributed by atoms with Crippen molar-refractivity contribution in [2.24, 2.45) is 0 Å². The molecule has 6 aliphatic heterocycles. The van der Waals surface area contributed by atoms with Crippen molar-refractivity contribution in [1.82, 2.24) is 19.6 Å². The number of hydrogen-bond donors (Lipinski definition) is 2. The molecule has 4 aromatic rings. The van der Waals surface area contributed by atoms with Gasteiger partial charge in [-0.15, -0.1) is 0 Å². The fourth-order valence-corrected chi connectivity index (χ4v) is 9.60. The number of fused-ring (bicyclic) bond motifs is 2. The number of likely N-dealkylation sites (tertiary alicyclic amines) is 3. The van der Waals surface area contributed by atoms with Gasteiger partial charge < -0.3 is 44.1 Å². The standard InChI is InChI=1S/C48H56N6O7/c55-46(35-11-7-33(8-12-35)27-51-19-1-2-20-51)54-22-4-6-40(30-54)50-38-16-18-42-44(26-38)61-48(60-42)45-31-52(23-24-57-45)28-34-9-13-36(14-10-34)47(56)53-21-3-5-39(29-53)49-37-15-17-41-43(25-37)59-32-58-41/h7-18,25-26,39-40,45,48-50H,1-6,19-24,27-32H2. The van der Waals surface area contributed by atoms with Crippen molar-refractivity contribution >= 4 is 23.2 Å². The summed E-state index contributed by atoms with van der Waals surface area (Å²) < 4.78 is 29.8. The van der Waals surface area contributed by atoms with E-state index >= 15 is 0 Å². The van der Waals surface area contributed by atoms with Gasteiger partial charge in [-0.05, 0) is 111 Å². The summed E-state index contributed by atoms with van der Waals surface area (Å²) in [4.78, 5) is 35.8. The summed E-state index contributed by atoms with van der Waals surface area (Å²) in [6, 6.07) is 28.4. The monoisotopic (exact) mass is 828 g/mol. The van der Waals surface area contributed by atoms with Crippen LogP contribution in [0.3, 0.4) is 0 Å². The van der Waals surface area contributed by atoms with Crippen LogP contribution in [0.2, 0.25) is 0 Å². The van der Waals surface area contributed by atoms with E-state index in [0.717, 1.165) is 105 Å². The van der Waals surface area contributed by atoms with Crippen LogP contribution in [0.4, 0.5) is 11.4 Å². The van der Waals surface area contributed by atoms with Gasteiger partial charge in [0.1, 0.15) is 6.10 Å². The van der Waals surface area contributed by atoms with Crippen LogP contribution in [0.25, 0.3) is 0 Å². The molecule has 13 heteroatoms. The third-order valence-electron chi connectivity index (χ3n) is 12.9. The molecule has 0 aliphatic carbocycles. The van der Waals surface area contributed by atoms with Crippen LogP contribution in [0.5, 0.6) is 23.0 Å². The third kappa shape index (κ3) is 9.24. The Labute approximate surface area is 357 Å². The van der Waals surface area contributed by atoms with Crippen molar-refractivity contribution < 1.29 is 33.3 Å². The van der Waals surface area contributed by atoms with Gasteiger partial charge >= 0.3 is 0 Å². The maximum absolute atomic E-state index is 13.6. The number of carbonyl (C=O) groups is 2. The van der Waals surface area contributed by atoms with E-state index in [0.29, 0.717) is 43.3 Å². The number of nitrogens with one attached hydrogen (secondary N) is 2. The van der Waals surface area contributed by atoms with Gasteiger partial charge in [0.15, 0.2) is 23.0 Å². The number of piperidine rings is 2. The fraction of sp³-hybridized carbons (Fsp3) is 0.458. The molecule has 4 fully saturated rings. The van der Waals surface area contributed by atoms with Gasteiger partial charge in [-0.3, -0.25) is 19.4 Å². The second-order valence-electron chi connectivity index (χ2n) is 17.3. The van der Waals surface area contributed by atoms with E-state index in [4.69, 9.17) is 23.7 Å². The number of hydrogen-bond acceptors (Lipinski definition) is 11. The first-order valence-electron chi connectivity index (χ1n) is 22.2. The molecule has 0 radical (unpaired) electrons. The molecule has 4 atom stereocenters. The molecule has 320 valence electrons. The highest BCUT2D eigenvalue weighted by Gasteiger charge is 2.37. The molecule has 2 N–H and O–H groups in total. The molecule has 4 aromatic carbocycles. The number of rotatable bonds is 11. The maximum Gasteiger partial charge on any atom is 0.268 e. The fourth-order valence-electron chi connectivity index (χ4n) is 9.60. The van der Waals surface area contributed by atoms with Crippen LogP contribution < -0.4 is 29.6 Å². The molecular weight excluding hydrogens is 773 g/mol. The van der Waals surface area contributed by atoms with E-state index < -0.39 is 6.29 Å². The normalized spacial score (nSPS) is 23.9. The van der Waals surface area contributed by atoms with Crippen LogP contribution >= 0.6 is 0 Å². The zero-order chi connectivity index (χ0) is 41.1. The quantitative estimate of drug-likeness (QED) is 0.174. The highest BCUT2D eigenvalue weighted by molar-refractivity contribution is 5.95. The summed E-state index contributed by atoms with van der Waals surface area (Å²) in [5.41, 5.74) is 5.78. The van der Waals surface area contributed by atoms with Crippen molar-refractivity contribution in [3.8, 4) is 23.0 Å². The minimum atomic E-state index is -0.550. The van der Waals surface area contributed by atoms with Gasteiger partial charge in [0.2, 0.25) is 6.79 Å². The highest BCUT2D eigenvalue weighted by atomic mass is 16.7. The summed E-state index contributed by atoms with van der Waals surface area (Å²) in [7, 11) is 0. The molecule has 2 amide bonds. The molecule has 0 bridgehead atoms. The lowest BCUT2D eigenvalue weighted by Gasteiger charge is -2.34. The molecule has 0 spiro atoms. The van der Waals surface area contributed by atoms with Crippen molar-refractivity contribution in [3.05, 3.63) is 107 Å². The van der Waals surface area contributed by atoms with Crippen LogP contribution in [-0.4, -0.2) is 122 Å². The average Bonchev–Trinajstić information content (AvgIpc) is 4.09. The zero-order valence-corrected chi connectivity index (χ0v) is 34.8. The minimum absolute atomic E-state index is 0.0592. The van der Waals surface area contributed by atoms with E-state index in [1.165, 1.54) is 18.4 Å². The van der Waals surface area contributed by atoms with Crippen molar-refractivity contribution in [2.75, 3.05) is 76.4 Å². The Morgan fingerprint density at radius 2 is 1.11 bits per heavy atom. The van der Waals surface area contributed by atoms with E-state index in [-0.39, 0.29) is 36.8 Å². The Morgan fingerprint density at radius 3 is 1.75 bits per heavy atom. The van der Waals surface area contributed by atoms with E-state index in [1.54, 1.807) is 0 Å². The summed E-state index contributed by atoms with van der Waals surface area (Å²) in [6.07, 6.45) is 5.62. The van der Waals surface area contributed by atoms with Crippen molar-refractivity contribution in [1.29, 1.82) is 0 Å². The van der Waals surface area contributed by atoms with Gasteiger partial charge in [0.05, 0.1) is 6.61 Å². The lowest BCUT2D eigenvalue weighted by molar-refractivity contribution is -0.131. The highest BCUT2D eigenvalue weighted by Crippen LogP contribution is 2.39. The van der Waals surface area contributed by atoms with Gasteiger partial charge in [0, 0.05) is 99.1 Å². The zero-order valence-electron chi connectivity index (χ0n) is 34.8. The largest absolute Gasteiger partial charge is 0.454 e. The molecule has 10 rings (SSSR count). The van der Waals surface area contributed by atoms with Gasteiger partial charge in [0.25, 0.3) is 18.1 Å². The van der Waals surface area contributed by atoms with Crippen LogP contribution in [0, 0.1) is 0 Å². The molecular formula is C48H56N6O7. The van der Waals surface area contributed by atoms with Gasteiger partial charge in [-0.25, -0.2) is 0 Å². The molecule has 4 unspecified atom stereocenters. The first-order valence-corrected chi connectivity index (χ1v) is 22.2. The predicted molar refractivity (Wildman–Crippen MR) is 232 cm³/mol. The minimum Gasteiger partial charge on any atom is -0.454 e. The predicted octanol–water partition coefficient (Wildman–Crippen LogP) is 6.44. The number of anilines is 2. The molecule has 0 saturated carbocycles. The van der Waals surface area contributed by atoms with Crippen LogP contribution in [-0.2, 0) is 17.8 Å². The first kappa shape index (κ1) is 39.6. The lowest BCUT2D eigenvalue weighted by atomic mass is 10.0. The van der Waals surface area contributed by atoms with Crippen molar-refractivity contribution in [3.63, 3.8) is 0 Å². The molecule has 4 saturated heterocycles. The smallest absolute Gasteiger partial charge is 0.268 e. The van der Waals surface area contributed by atoms with Gasteiger partial charge in [-0.2, -0.15) is 0 Å². The topological polar surface area (TPSA) is 117 Å². The SMILES string of the molecule is O=C(c1ccc(CN2CCOC(C3Oc4ccc(NC5CCCN(C(=O)c6ccc(CN7CCCC7)cc6)C5)cc4O3)C2)cc1)N1CCCC(Nc2ccc3c(c2)OCO3)C1. The van der Waals surface area contributed by atoms with E-state index in [9.17, 15) is 9.59 Å². The summed E-state index contributed by atoms with van der Waals surface area (Å²) in [6.45, 7) is 9.10. The molecule has 6 heterocycles. The Hall–Kier alpha value is -5.50. The Balaban J connectivity index is 0.687. The molecule has 6 aliphatic rings. The Kier molecular flexibility index (Phi) is 11.6. The Bertz CT molecular complexity index is 2180. The van der Waals surface area contributed by atoms with Crippen molar-refractivity contribution in [2.45, 2.75) is 76.1 Å². The molecule has 61 heavy (non-hydrogen) atoms. The molecule has 0 aromatic heterocycles. The number of amides is 2. The number of morpholine rings is 1. The second kappa shape index (κ2) is 17.8. The van der Waals surface area contributed by atoms with Gasteiger partial charge in [-0.1, -0.05) is 24.3 Å². The number of carbonyl (C=O) groups excluding carboxylic acids is 2. The average molecular weight is 829 g/mol. The second-order valence-corrected chi connectivity index (χ2v) is 17.3. The molecule has 13 nitrogen and oxygen atoms in total. The number of benzene rings is 4. The van der Waals surface area contributed by atoms with E-state index in [2.05, 4.69) is 44.7 Å².